The van der Waals surface area contributed by atoms with Crippen LogP contribution in [-0.4, -0.2) is 51.1 Å². The quantitative estimate of drug-likeness (QED) is 0.532. The zero-order chi connectivity index (χ0) is 13.7. The highest BCUT2D eigenvalue weighted by atomic mass is 16.5. The van der Waals surface area contributed by atoms with Crippen molar-refractivity contribution < 1.29 is 14.6 Å². The van der Waals surface area contributed by atoms with Gasteiger partial charge in [-0.2, -0.15) is 4.98 Å². The number of hydrogen-bond acceptors (Lipinski definition) is 7. The van der Waals surface area contributed by atoms with Crippen LogP contribution in [0.1, 0.15) is 0 Å². The largest absolute Gasteiger partial charge is 0.394 e. The van der Waals surface area contributed by atoms with Crippen LogP contribution in [0, 0.1) is 0 Å². The summed E-state index contributed by atoms with van der Waals surface area (Å²) in [6.45, 7) is 1.19. The molecule has 2 aromatic heterocycles. The molecule has 2 heterocycles. The van der Waals surface area contributed by atoms with E-state index in [-0.39, 0.29) is 37.0 Å². The number of hydrogen-bond donors (Lipinski definition) is 3. The van der Waals surface area contributed by atoms with Crippen LogP contribution in [0.4, 0.5) is 5.95 Å². The standard InChI is InChI=1S/C10H15N5O4/c11-10-13-8-7(9(17)14-10)12-5-15(8)6-19-4-3-18-2-1-16/h5,16H,1-4,6H2,(H3,11,13,14,17). The molecule has 2 aromatic rings. The fourth-order valence-corrected chi connectivity index (χ4v) is 1.51. The highest BCUT2D eigenvalue weighted by molar-refractivity contribution is 5.70. The van der Waals surface area contributed by atoms with E-state index in [9.17, 15) is 4.79 Å². The van der Waals surface area contributed by atoms with Gasteiger partial charge in [0.1, 0.15) is 6.73 Å². The van der Waals surface area contributed by atoms with Crippen molar-refractivity contribution in [3.63, 3.8) is 0 Å². The van der Waals surface area contributed by atoms with Gasteiger partial charge < -0.3 is 20.3 Å². The van der Waals surface area contributed by atoms with E-state index in [1.807, 2.05) is 0 Å². The number of aromatic amines is 1. The molecule has 0 bridgehead atoms. The molecule has 0 spiro atoms. The number of H-pyrrole nitrogens is 1. The number of nitrogens with two attached hydrogens (primary N) is 1. The monoisotopic (exact) mass is 269 g/mol. The molecule has 0 aliphatic carbocycles. The highest BCUT2D eigenvalue weighted by Crippen LogP contribution is 2.06. The molecule has 0 radical (unpaired) electrons. The molecule has 0 saturated heterocycles. The predicted octanol–water partition coefficient (Wildman–Crippen LogP) is -1.32. The fourth-order valence-electron chi connectivity index (χ4n) is 1.51. The number of anilines is 1. The maximum absolute atomic E-state index is 11.5. The first-order valence-corrected chi connectivity index (χ1v) is 5.69. The number of fused-ring (bicyclic) bond motifs is 1. The minimum absolute atomic E-state index is 0.0157. The Labute approximate surface area is 108 Å². The summed E-state index contributed by atoms with van der Waals surface area (Å²) in [4.78, 5) is 21.8. The van der Waals surface area contributed by atoms with Crippen molar-refractivity contribution in [1.29, 1.82) is 0 Å². The molecule has 0 saturated carbocycles. The first-order valence-electron chi connectivity index (χ1n) is 5.69. The fraction of sp³-hybridized carbons (Fsp3) is 0.500. The van der Waals surface area contributed by atoms with E-state index in [4.69, 9.17) is 20.3 Å². The first-order chi connectivity index (χ1) is 9.22. The topological polar surface area (TPSA) is 128 Å². The summed E-state index contributed by atoms with van der Waals surface area (Å²) in [5.74, 6) is 0.0329. The van der Waals surface area contributed by atoms with Gasteiger partial charge in [0.05, 0.1) is 32.8 Å². The zero-order valence-corrected chi connectivity index (χ0v) is 10.2. The van der Waals surface area contributed by atoms with Crippen molar-refractivity contribution in [2.45, 2.75) is 6.73 Å². The second kappa shape index (κ2) is 6.27. The van der Waals surface area contributed by atoms with Gasteiger partial charge in [-0.25, -0.2) is 4.98 Å². The molecule has 9 heteroatoms. The Balaban J connectivity index is 1.96. The minimum atomic E-state index is -0.382. The number of nitrogens with zero attached hydrogens (tertiary/aromatic N) is 3. The summed E-state index contributed by atoms with van der Waals surface area (Å²) in [7, 11) is 0. The zero-order valence-electron chi connectivity index (χ0n) is 10.2. The number of imidazole rings is 1. The molecule has 19 heavy (non-hydrogen) atoms. The van der Waals surface area contributed by atoms with Gasteiger partial charge in [0.15, 0.2) is 11.2 Å². The number of rotatable bonds is 7. The van der Waals surface area contributed by atoms with Crippen molar-refractivity contribution >= 4 is 17.1 Å². The number of aliphatic hydroxyl groups excluding tert-OH is 1. The first kappa shape index (κ1) is 13.5. The molecule has 9 nitrogen and oxygen atoms in total. The van der Waals surface area contributed by atoms with E-state index >= 15 is 0 Å². The molecular weight excluding hydrogens is 254 g/mol. The average molecular weight is 269 g/mol. The van der Waals surface area contributed by atoms with Crippen LogP contribution in [0.2, 0.25) is 0 Å². The summed E-state index contributed by atoms with van der Waals surface area (Å²) in [5.41, 5.74) is 5.68. The van der Waals surface area contributed by atoms with Crippen molar-refractivity contribution in [2.24, 2.45) is 0 Å². The lowest BCUT2D eigenvalue weighted by Crippen LogP contribution is -2.13. The van der Waals surface area contributed by atoms with Gasteiger partial charge in [0.25, 0.3) is 5.56 Å². The third-order valence-corrected chi connectivity index (χ3v) is 2.33. The molecule has 0 aromatic carbocycles. The Hall–Kier alpha value is -1.97. The Morgan fingerprint density at radius 2 is 2.16 bits per heavy atom. The van der Waals surface area contributed by atoms with Crippen molar-refractivity contribution in [3.05, 3.63) is 16.7 Å². The maximum Gasteiger partial charge on any atom is 0.280 e. The summed E-state index contributed by atoms with van der Waals surface area (Å²) in [6, 6.07) is 0. The highest BCUT2D eigenvalue weighted by Gasteiger charge is 2.08. The lowest BCUT2D eigenvalue weighted by molar-refractivity contribution is 0.0107. The molecule has 0 atom stereocenters. The van der Waals surface area contributed by atoms with E-state index in [1.165, 1.54) is 6.33 Å². The normalized spacial score (nSPS) is 11.2. The minimum Gasteiger partial charge on any atom is -0.394 e. The summed E-state index contributed by atoms with van der Waals surface area (Å²) in [5, 5.41) is 8.51. The van der Waals surface area contributed by atoms with Crippen LogP contribution >= 0.6 is 0 Å². The second-order valence-electron chi connectivity index (χ2n) is 3.71. The van der Waals surface area contributed by atoms with Gasteiger partial charge in [0.2, 0.25) is 5.95 Å². The van der Waals surface area contributed by atoms with E-state index in [1.54, 1.807) is 4.57 Å². The maximum atomic E-state index is 11.5. The summed E-state index contributed by atoms with van der Waals surface area (Å²) < 4.78 is 11.9. The molecule has 104 valence electrons. The van der Waals surface area contributed by atoms with Crippen LogP contribution in [-0.2, 0) is 16.2 Å². The van der Waals surface area contributed by atoms with E-state index in [0.717, 1.165) is 0 Å². The van der Waals surface area contributed by atoms with E-state index in [2.05, 4.69) is 15.0 Å². The lowest BCUT2D eigenvalue weighted by Gasteiger charge is -2.06. The van der Waals surface area contributed by atoms with Gasteiger partial charge >= 0.3 is 0 Å². The number of nitrogens with one attached hydrogen (secondary N) is 1. The number of aromatic nitrogens is 4. The molecule has 2 rings (SSSR count). The predicted molar refractivity (Wildman–Crippen MR) is 66.4 cm³/mol. The molecule has 0 amide bonds. The van der Waals surface area contributed by atoms with Gasteiger partial charge in [-0.1, -0.05) is 0 Å². The summed E-state index contributed by atoms with van der Waals surface area (Å²) in [6.07, 6.45) is 1.46. The van der Waals surface area contributed by atoms with Crippen LogP contribution in [0.15, 0.2) is 11.1 Å². The Morgan fingerprint density at radius 3 is 2.95 bits per heavy atom. The third-order valence-electron chi connectivity index (χ3n) is 2.33. The molecule has 0 aliphatic rings. The average Bonchev–Trinajstić information content (AvgIpc) is 2.77. The van der Waals surface area contributed by atoms with Crippen LogP contribution in [0.25, 0.3) is 11.2 Å². The Bertz CT molecular complexity index is 593. The second-order valence-corrected chi connectivity index (χ2v) is 3.71. The van der Waals surface area contributed by atoms with Crippen LogP contribution < -0.4 is 11.3 Å². The van der Waals surface area contributed by atoms with Crippen LogP contribution in [0.3, 0.4) is 0 Å². The Morgan fingerprint density at radius 1 is 1.37 bits per heavy atom. The Kier molecular flexibility index (Phi) is 4.44. The summed E-state index contributed by atoms with van der Waals surface area (Å²) >= 11 is 0. The molecule has 0 unspecified atom stereocenters. The van der Waals surface area contributed by atoms with Gasteiger partial charge in [0, 0.05) is 0 Å². The van der Waals surface area contributed by atoms with Crippen molar-refractivity contribution in [3.8, 4) is 0 Å². The van der Waals surface area contributed by atoms with Gasteiger partial charge in [-0.05, 0) is 0 Å². The van der Waals surface area contributed by atoms with Gasteiger partial charge in [-0.15, -0.1) is 0 Å². The number of ether oxygens (including phenoxy) is 2. The molecule has 0 aliphatic heterocycles. The number of nitrogen functional groups attached to an aromatic ring is 1. The van der Waals surface area contributed by atoms with E-state index in [0.29, 0.717) is 18.9 Å². The van der Waals surface area contributed by atoms with E-state index < -0.39 is 0 Å². The van der Waals surface area contributed by atoms with Crippen molar-refractivity contribution in [2.75, 3.05) is 32.2 Å². The number of aliphatic hydroxyl groups is 1. The SMILES string of the molecule is Nc1nc2c(ncn2COCCOCCO)c(=O)[nH]1. The molecular formula is C10H15N5O4. The molecule has 4 N–H and O–H groups in total. The lowest BCUT2D eigenvalue weighted by atomic mass is 10.5. The van der Waals surface area contributed by atoms with Crippen LogP contribution in [0.5, 0.6) is 0 Å². The molecule has 0 fully saturated rings. The van der Waals surface area contributed by atoms with Gasteiger partial charge in [-0.3, -0.25) is 14.3 Å². The smallest absolute Gasteiger partial charge is 0.280 e. The van der Waals surface area contributed by atoms with Crippen molar-refractivity contribution in [1.82, 2.24) is 19.5 Å². The third kappa shape index (κ3) is 3.28.